The Labute approximate surface area is 114 Å². The Bertz CT molecular complexity index is 598. The average molecular weight is 280 g/mol. The zero-order chi connectivity index (χ0) is 13.8. The van der Waals surface area contributed by atoms with Gasteiger partial charge in [0.05, 0.1) is 23.4 Å². The Kier molecular flexibility index (Phi) is 4.11. The van der Waals surface area contributed by atoms with E-state index >= 15 is 0 Å². The standard InChI is InChI=1S/C13H13FN2O2S/c1-8-12(4-5-18-8)19-7-13(17)16-11-3-2-9(14)6-10(11)15/h2-6H,7,15H2,1H3,(H,16,17). The van der Waals surface area contributed by atoms with Crippen LogP contribution in [-0.4, -0.2) is 11.7 Å². The van der Waals surface area contributed by atoms with E-state index in [1.807, 2.05) is 6.92 Å². The molecule has 1 amide bonds. The van der Waals surface area contributed by atoms with Gasteiger partial charge in [-0.2, -0.15) is 0 Å². The predicted octanol–water partition coefficient (Wildman–Crippen LogP) is 3.04. The number of benzene rings is 1. The lowest BCUT2D eigenvalue weighted by Crippen LogP contribution is -2.15. The van der Waals surface area contributed by atoms with Crippen LogP contribution in [0.25, 0.3) is 0 Å². The number of carbonyl (C=O) groups is 1. The summed E-state index contributed by atoms with van der Waals surface area (Å²) < 4.78 is 18.0. The number of halogens is 1. The number of carbonyl (C=O) groups excluding carboxylic acids is 1. The summed E-state index contributed by atoms with van der Waals surface area (Å²) in [5, 5.41) is 2.64. The fraction of sp³-hybridized carbons (Fsp3) is 0.154. The number of nitrogen functional groups attached to an aromatic ring is 1. The first-order valence-electron chi connectivity index (χ1n) is 5.58. The molecular formula is C13H13FN2O2S. The van der Waals surface area contributed by atoms with Crippen molar-refractivity contribution >= 4 is 29.0 Å². The van der Waals surface area contributed by atoms with Crippen molar-refractivity contribution in [3.63, 3.8) is 0 Å². The summed E-state index contributed by atoms with van der Waals surface area (Å²) in [7, 11) is 0. The van der Waals surface area contributed by atoms with Crippen molar-refractivity contribution in [2.24, 2.45) is 0 Å². The number of rotatable bonds is 4. The minimum Gasteiger partial charge on any atom is -0.468 e. The lowest BCUT2D eigenvalue weighted by atomic mass is 10.2. The van der Waals surface area contributed by atoms with Crippen LogP contribution in [0.2, 0.25) is 0 Å². The largest absolute Gasteiger partial charge is 0.468 e. The molecule has 1 heterocycles. The van der Waals surface area contributed by atoms with Crippen LogP contribution >= 0.6 is 11.8 Å². The molecule has 2 aromatic rings. The number of thioether (sulfide) groups is 1. The first-order chi connectivity index (χ1) is 9.06. The topological polar surface area (TPSA) is 68.3 Å². The second-order valence-corrected chi connectivity index (χ2v) is 4.93. The first-order valence-corrected chi connectivity index (χ1v) is 6.56. The van der Waals surface area contributed by atoms with E-state index in [-0.39, 0.29) is 17.3 Å². The molecule has 2 rings (SSSR count). The molecule has 3 N–H and O–H groups in total. The SMILES string of the molecule is Cc1occc1SCC(=O)Nc1ccc(F)cc1N. The second kappa shape index (κ2) is 5.79. The van der Waals surface area contributed by atoms with Gasteiger partial charge in [0.1, 0.15) is 11.6 Å². The van der Waals surface area contributed by atoms with Gasteiger partial charge in [-0.05, 0) is 31.2 Å². The lowest BCUT2D eigenvalue weighted by Gasteiger charge is -2.07. The number of aryl methyl sites for hydroxylation is 1. The van der Waals surface area contributed by atoms with Gasteiger partial charge in [0.25, 0.3) is 0 Å². The van der Waals surface area contributed by atoms with Crippen LogP contribution in [0.5, 0.6) is 0 Å². The Morgan fingerprint density at radius 3 is 2.89 bits per heavy atom. The van der Waals surface area contributed by atoms with Crippen molar-refractivity contribution in [3.8, 4) is 0 Å². The number of furan rings is 1. The van der Waals surface area contributed by atoms with Gasteiger partial charge in [0.15, 0.2) is 0 Å². The summed E-state index contributed by atoms with van der Waals surface area (Å²) in [6, 6.07) is 5.66. The van der Waals surface area contributed by atoms with E-state index in [9.17, 15) is 9.18 Å². The quantitative estimate of drug-likeness (QED) is 0.667. The number of amides is 1. The maximum Gasteiger partial charge on any atom is 0.234 e. The molecule has 1 aromatic carbocycles. The summed E-state index contributed by atoms with van der Waals surface area (Å²) in [5.74, 6) is 0.374. The zero-order valence-corrected chi connectivity index (χ0v) is 11.1. The fourth-order valence-electron chi connectivity index (χ4n) is 1.50. The van der Waals surface area contributed by atoms with Crippen molar-refractivity contribution in [3.05, 3.63) is 42.1 Å². The van der Waals surface area contributed by atoms with Gasteiger partial charge in [0.2, 0.25) is 5.91 Å². The number of nitrogens with two attached hydrogens (primary N) is 1. The van der Waals surface area contributed by atoms with Crippen LogP contribution in [0.3, 0.4) is 0 Å². The molecule has 0 spiro atoms. The number of hydrogen-bond acceptors (Lipinski definition) is 4. The highest BCUT2D eigenvalue weighted by molar-refractivity contribution is 8.00. The van der Waals surface area contributed by atoms with Crippen LogP contribution in [0, 0.1) is 12.7 Å². The smallest absolute Gasteiger partial charge is 0.234 e. The molecule has 0 aliphatic heterocycles. The molecule has 0 radical (unpaired) electrons. The van der Waals surface area contributed by atoms with E-state index in [1.165, 1.54) is 30.0 Å². The number of nitrogens with one attached hydrogen (secondary N) is 1. The Morgan fingerprint density at radius 2 is 2.26 bits per heavy atom. The van der Waals surface area contributed by atoms with E-state index in [0.29, 0.717) is 5.69 Å². The van der Waals surface area contributed by atoms with Crippen molar-refractivity contribution in [2.45, 2.75) is 11.8 Å². The highest BCUT2D eigenvalue weighted by Crippen LogP contribution is 2.24. The Balaban J connectivity index is 1.93. The number of hydrogen-bond donors (Lipinski definition) is 2. The van der Waals surface area contributed by atoms with E-state index in [2.05, 4.69) is 5.32 Å². The molecule has 19 heavy (non-hydrogen) atoms. The van der Waals surface area contributed by atoms with Crippen molar-refractivity contribution in [1.29, 1.82) is 0 Å². The monoisotopic (exact) mass is 280 g/mol. The van der Waals surface area contributed by atoms with E-state index in [1.54, 1.807) is 12.3 Å². The summed E-state index contributed by atoms with van der Waals surface area (Å²) in [4.78, 5) is 12.7. The van der Waals surface area contributed by atoms with Crippen molar-refractivity contribution in [1.82, 2.24) is 0 Å². The Hall–Kier alpha value is -1.95. The van der Waals surface area contributed by atoms with Crippen LogP contribution in [0.15, 0.2) is 39.8 Å². The Morgan fingerprint density at radius 1 is 1.47 bits per heavy atom. The molecule has 0 unspecified atom stereocenters. The van der Waals surface area contributed by atoms with Crippen molar-refractivity contribution < 1.29 is 13.6 Å². The predicted molar refractivity (Wildman–Crippen MR) is 73.6 cm³/mol. The molecule has 0 aliphatic carbocycles. The first kappa shape index (κ1) is 13.5. The maximum absolute atomic E-state index is 12.9. The van der Waals surface area contributed by atoms with Crippen LogP contribution in [0.4, 0.5) is 15.8 Å². The molecular weight excluding hydrogens is 267 g/mol. The van der Waals surface area contributed by atoms with Crippen molar-refractivity contribution in [2.75, 3.05) is 16.8 Å². The minimum atomic E-state index is -0.432. The minimum absolute atomic E-state index is 0.205. The van der Waals surface area contributed by atoms with E-state index in [0.717, 1.165) is 10.7 Å². The maximum atomic E-state index is 12.9. The average Bonchev–Trinajstić information content (AvgIpc) is 2.76. The van der Waals surface area contributed by atoms with Gasteiger partial charge in [-0.15, -0.1) is 11.8 Å². The second-order valence-electron chi connectivity index (χ2n) is 3.91. The number of anilines is 2. The summed E-state index contributed by atoms with van der Waals surface area (Å²) >= 11 is 1.37. The van der Waals surface area contributed by atoms with E-state index in [4.69, 9.17) is 10.2 Å². The fourth-order valence-corrected chi connectivity index (χ4v) is 2.26. The molecule has 0 bridgehead atoms. The molecule has 6 heteroatoms. The molecule has 4 nitrogen and oxygen atoms in total. The zero-order valence-electron chi connectivity index (χ0n) is 10.3. The van der Waals surface area contributed by atoms with Gasteiger partial charge < -0.3 is 15.5 Å². The molecule has 0 fully saturated rings. The van der Waals surface area contributed by atoms with Gasteiger partial charge in [0, 0.05) is 4.90 Å². The molecule has 0 aliphatic rings. The van der Waals surface area contributed by atoms with E-state index < -0.39 is 5.82 Å². The third-order valence-electron chi connectivity index (χ3n) is 2.46. The molecule has 100 valence electrons. The molecule has 0 saturated carbocycles. The van der Waals surface area contributed by atoms with Gasteiger partial charge in [-0.25, -0.2) is 4.39 Å². The third kappa shape index (κ3) is 3.51. The highest BCUT2D eigenvalue weighted by atomic mass is 32.2. The molecule has 0 atom stereocenters. The summed E-state index contributed by atoms with van der Waals surface area (Å²) in [6.45, 7) is 1.83. The highest BCUT2D eigenvalue weighted by Gasteiger charge is 2.09. The van der Waals surface area contributed by atoms with Gasteiger partial charge >= 0.3 is 0 Å². The summed E-state index contributed by atoms with van der Waals surface area (Å²) in [6.07, 6.45) is 1.58. The normalized spacial score (nSPS) is 10.4. The molecule has 0 saturated heterocycles. The van der Waals surface area contributed by atoms with Gasteiger partial charge in [-0.1, -0.05) is 0 Å². The lowest BCUT2D eigenvalue weighted by molar-refractivity contribution is -0.113. The third-order valence-corrected chi connectivity index (χ3v) is 3.60. The molecule has 1 aromatic heterocycles. The van der Waals surface area contributed by atoms with Crippen LogP contribution in [0.1, 0.15) is 5.76 Å². The van der Waals surface area contributed by atoms with Crippen LogP contribution in [-0.2, 0) is 4.79 Å². The van der Waals surface area contributed by atoms with Crippen LogP contribution < -0.4 is 11.1 Å². The summed E-state index contributed by atoms with van der Waals surface area (Å²) in [5.41, 5.74) is 6.23. The van der Waals surface area contributed by atoms with Gasteiger partial charge in [-0.3, -0.25) is 4.79 Å².